The van der Waals surface area contributed by atoms with Gasteiger partial charge in [-0.1, -0.05) is 49.0 Å². The zero-order valence-electron chi connectivity index (χ0n) is 11.2. The Morgan fingerprint density at radius 1 is 1.35 bits per heavy atom. The first kappa shape index (κ1) is 15.3. The van der Waals surface area contributed by atoms with Crippen LogP contribution in [-0.4, -0.2) is 26.0 Å². The average Bonchev–Trinajstić information content (AvgIpc) is 2.93. The van der Waals surface area contributed by atoms with Crippen LogP contribution in [0.4, 0.5) is 0 Å². The van der Waals surface area contributed by atoms with Crippen LogP contribution in [-0.2, 0) is 0 Å². The normalized spacial score (nSPS) is 14.2. The van der Waals surface area contributed by atoms with E-state index in [1.54, 1.807) is 23.1 Å². The van der Waals surface area contributed by atoms with E-state index >= 15 is 0 Å². The molecule has 2 atom stereocenters. The molecule has 0 saturated carbocycles. The number of rotatable bonds is 6. The maximum Gasteiger partial charge on any atom is 0.137 e. The second-order valence-electron chi connectivity index (χ2n) is 4.70. The van der Waals surface area contributed by atoms with Gasteiger partial charge in [0, 0.05) is 10.0 Å². The minimum absolute atomic E-state index is 0.353. The van der Waals surface area contributed by atoms with Crippen LogP contribution in [0.15, 0.2) is 30.9 Å². The Morgan fingerprint density at radius 2 is 2.15 bits per heavy atom. The number of hydrogen-bond acceptors (Lipinski definition) is 3. The summed E-state index contributed by atoms with van der Waals surface area (Å²) in [5, 5.41) is 15.7. The standard InChI is InChI=1S/C14H17Cl2N3O/c1-2-3-4-13(20)14(19-9-17-8-18-19)11-6-5-10(15)7-12(11)16/h5-9,13-14,20H,2-4H2,1H3/t13-,14+/m0/s1. The van der Waals surface area contributed by atoms with Gasteiger partial charge in [0.1, 0.15) is 18.7 Å². The van der Waals surface area contributed by atoms with E-state index in [2.05, 4.69) is 17.0 Å². The van der Waals surface area contributed by atoms with Gasteiger partial charge in [-0.3, -0.25) is 0 Å². The lowest BCUT2D eigenvalue weighted by Gasteiger charge is -2.24. The van der Waals surface area contributed by atoms with Gasteiger partial charge in [0.05, 0.1) is 6.10 Å². The summed E-state index contributed by atoms with van der Waals surface area (Å²) in [6.45, 7) is 2.09. The molecule has 0 fully saturated rings. The van der Waals surface area contributed by atoms with Gasteiger partial charge in [-0.15, -0.1) is 0 Å². The van der Waals surface area contributed by atoms with Gasteiger partial charge >= 0.3 is 0 Å². The van der Waals surface area contributed by atoms with Crippen LogP contribution in [0.5, 0.6) is 0 Å². The maximum atomic E-state index is 10.5. The molecule has 108 valence electrons. The van der Waals surface area contributed by atoms with Crippen LogP contribution in [0.25, 0.3) is 0 Å². The molecule has 6 heteroatoms. The van der Waals surface area contributed by atoms with Crippen molar-refractivity contribution in [1.82, 2.24) is 14.8 Å². The lowest BCUT2D eigenvalue weighted by molar-refractivity contribution is 0.113. The van der Waals surface area contributed by atoms with E-state index in [1.165, 1.54) is 6.33 Å². The molecule has 0 unspecified atom stereocenters. The molecule has 4 nitrogen and oxygen atoms in total. The topological polar surface area (TPSA) is 50.9 Å². The average molecular weight is 314 g/mol. The molecule has 1 aromatic carbocycles. The number of aromatic nitrogens is 3. The summed E-state index contributed by atoms with van der Waals surface area (Å²) in [7, 11) is 0. The third-order valence-electron chi connectivity index (χ3n) is 3.22. The molecule has 0 aliphatic heterocycles. The first-order valence-corrected chi connectivity index (χ1v) is 7.36. The minimum Gasteiger partial charge on any atom is -0.391 e. The van der Waals surface area contributed by atoms with Crippen molar-refractivity contribution in [3.05, 3.63) is 46.5 Å². The number of hydrogen-bond donors (Lipinski definition) is 1. The van der Waals surface area contributed by atoms with E-state index < -0.39 is 6.10 Å². The predicted octanol–water partition coefficient (Wildman–Crippen LogP) is 3.73. The van der Waals surface area contributed by atoms with Crippen LogP contribution >= 0.6 is 23.2 Å². The Kier molecular flexibility index (Phi) is 5.40. The molecule has 2 rings (SSSR count). The smallest absolute Gasteiger partial charge is 0.137 e. The first-order valence-electron chi connectivity index (χ1n) is 6.60. The van der Waals surface area contributed by atoms with Crippen molar-refractivity contribution in [2.24, 2.45) is 0 Å². The SMILES string of the molecule is CCCC[C@H](O)[C@@H](c1ccc(Cl)cc1Cl)n1cncn1. The van der Waals surface area contributed by atoms with Gasteiger partial charge in [-0.05, 0) is 24.1 Å². The second kappa shape index (κ2) is 7.07. The van der Waals surface area contributed by atoms with Crippen molar-refractivity contribution in [1.29, 1.82) is 0 Å². The lowest BCUT2D eigenvalue weighted by Crippen LogP contribution is -2.26. The molecular weight excluding hydrogens is 297 g/mol. The van der Waals surface area contributed by atoms with E-state index in [9.17, 15) is 5.11 Å². The zero-order chi connectivity index (χ0) is 14.5. The first-order chi connectivity index (χ1) is 9.63. The summed E-state index contributed by atoms with van der Waals surface area (Å²) in [6, 6.07) is 4.91. The molecule has 20 heavy (non-hydrogen) atoms. The molecule has 2 aromatic rings. The van der Waals surface area contributed by atoms with Crippen LogP contribution < -0.4 is 0 Å². The third-order valence-corrected chi connectivity index (χ3v) is 3.78. The Morgan fingerprint density at radius 3 is 2.75 bits per heavy atom. The fourth-order valence-corrected chi connectivity index (χ4v) is 2.72. The largest absolute Gasteiger partial charge is 0.391 e. The van der Waals surface area contributed by atoms with Crippen molar-refractivity contribution in [2.75, 3.05) is 0 Å². The highest BCUT2D eigenvalue weighted by atomic mass is 35.5. The van der Waals surface area contributed by atoms with Crippen LogP contribution in [0.1, 0.15) is 37.8 Å². The molecule has 1 heterocycles. The molecule has 0 aliphatic rings. The number of unbranched alkanes of at least 4 members (excludes halogenated alkanes) is 1. The molecule has 0 radical (unpaired) electrons. The molecule has 1 N–H and O–H groups in total. The minimum atomic E-state index is -0.574. The fraction of sp³-hybridized carbons (Fsp3) is 0.429. The van der Waals surface area contributed by atoms with Gasteiger partial charge < -0.3 is 5.11 Å². The Labute approximate surface area is 128 Å². The van der Waals surface area contributed by atoms with Crippen molar-refractivity contribution < 1.29 is 5.11 Å². The predicted molar refractivity (Wildman–Crippen MR) is 80.2 cm³/mol. The Hall–Kier alpha value is -1.10. The van der Waals surface area contributed by atoms with E-state index in [0.29, 0.717) is 16.5 Å². The van der Waals surface area contributed by atoms with E-state index in [-0.39, 0.29) is 6.04 Å². The highest BCUT2D eigenvalue weighted by molar-refractivity contribution is 6.35. The molecule has 0 aliphatic carbocycles. The molecular formula is C14H17Cl2N3O. The number of halogens is 2. The van der Waals surface area contributed by atoms with Gasteiger partial charge in [0.25, 0.3) is 0 Å². The third kappa shape index (κ3) is 3.51. The van der Waals surface area contributed by atoms with Gasteiger partial charge in [0.2, 0.25) is 0 Å². The fourth-order valence-electron chi connectivity index (χ4n) is 2.20. The zero-order valence-corrected chi connectivity index (χ0v) is 12.7. The summed E-state index contributed by atoms with van der Waals surface area (Å²) in [5.41, 5.74) is 0.796. The second-order valence-corrected chi connectivity index (χ2v) is 5.54. The number of aliphatic hydroxyl groups excluding tert-OH is 1. The summed E-state index contributed by atoms with van der Waals surface area (Å²) in [4.78, 5) is 3.95. The van der Waals surface area contributed by atoms with Crippen LogP contribution in [0.3, 0.4) is 0 Å². The van der Waals surface area contributed by atoms with E-state index in [4.69, 9.17) is 23.2 Å². The Bertz CT molecular complexity index is 545. The maximum absolute atomic E-state index is 10.5. The van der Waals surface area contributed by atoms with Gasteiger partial charge in [0.15, 0.2) is 0 Å². The molecule has 0 amide bonds. The summed E-state index contributed by atoms with van der Waals surface area (Å²) in [6.07, 6.45) is 5.11. The van der Waals surface area contributed by atoms with Gasteiger partial charge in [-0.25, -0.2) is 9.67 Å². The number of nitrogens with zero attached hydrogens (tertiary/aromatic N) is 3. The Balaban J connectivity index is 2.36. The van der Waals surface area contributed by atoms with E-state index in [1.807, 2.05) is 6.07 Å². The lowest BCUT2D eigenvalue weighted by atomic mass is 9.97. The summed E-state index contributed by atoms with van der Waals surface area (Å²) >= 11 is 12.2. The van der Waals surface area contributed by atoms with Crippen molar-refractivity contribution in [2.45, 2.75) is 38.3 Å². The highest BCUT2D eigenvalue weighted by Crippen LogP contribution is 2.31. The summed E-state index contributed by atoms with van der Waals surface area (Å²) < 4.78 is 1.63. The number of benzene rings is 1. The van der Waals surface area contributed by atoms with Gasteiger partial charge in [-0.2, -0.15) is 5.10 Å². The van der Waals surface area contributed by atoms with Crippen LogP contribution in [0.2, 0.25) is 10.0 Å². The van der Waals surface area contributed by atoms with E-state index in [0.717, 1.165) is 18.4 Å². The van der Waals surface area contributed by atoms with Crippen LogP contribution in [0, 0.1) is 0 Å². The molecule has 1 aromatic heterocycles. The quantitative estimate of drug-likeness (QED) is 0.884. The summed E-state index contributed by atoms with van der Waals surface area (Å²) in [5.74, 6) is 0. The molecule has 0 saturated heterocycles. The molecule has 0 bridgehead atoms. The van der Waals surface area contributed by atoms with Crippen molar-refractivity contribution >= 4 is 23.2 Å². The highest BCUT2D eigenvalue weighted by Gasteiger charge is 2.25. The number of aliphatic hydroxyl groups is 1. The van der Waals surface area contributed by atoms with Crippen molar-refractivity contribution in [3.63, 3.8) is 0 Å². The van der Waals surface area contributed by atoms with Crippen molar-refractivity contribution in [3.8, 4) is 0 Å². The molecule has 0 spiro atoms. The monoisotopic (exact) mass is 313 g/mol.